The molecule has 0 aromatic carbocycles. The summed E-state index contributed by atoms with van der Waals surface area (Å²) in [6, 6.07) is 1.20. The van der Waals surface area contributed by atoms with Crippen molar-refractivity contribution in [2.45, 2.75) is 18.9 Å². The number of halogens is 1. The zero-order chi connectivity index (χ0) is 13.1. The van der Waals surface area contributed by atoms with E-state index in [1.54, 1.807) is 6.07 Å². The van der Waals surface area contributed by atoms with Gasteiger partial charge in [0.25, 0.3) is 0 Å². The number of aromatic nitrogens is 1. The summed E-state index contributed by atoms with van der Waals surface area (Å²) in [4.78, 5) is 28.2. The summed E-state index contributed by atoms with van der Waals surface area (Å²) in [5.74, 6) is 0.236. The second-order valence-corrected chi connectivity index (χ2v) is 4.47. The number of methoxy groups -OCH3 is 1. The molecule has 1 aromatic heterocycles. The Morgan fingerprint density at radius 2 is 2.44 bits per heavy atom. The predicted octanol–water partition coefficient (Wildman–Crippen LogP) is 1.69. The SMILES string of the molecule is COC(=O)C1CCCN1c1ncc(C=O)cc1Cl. The lowest BCUT2D eigenvalue weighted by atomic mass is 10.2. The first-order valence-electron chi connectivity index (χ1n) is 5.62. The second kappa shape index (κ2) is 5.35. The van der Waals surface area contributed by atoms with Gasteiger partial charge in [-0.2, -0.15) is 0 Å². The number of pyridine rings is 1. The third-order valence-corrected chi connectivity index (χ3v) is 3.26. The molecule has 1 atom stereocenters. The maximum absolute atomic E-state index is 11.6. The van der Waals surface area contributed by atoms with E-state index in [0.717, 1.165) is 12.8 Å². The summed E-state index contributed by atoms with van der Waals surface area (Å²) in [6.07, 6.45) is 3.73. The number of esters is 1. The highest BCUT2D eigenvalue weighted by molar-refractivity contribution is 6.33. The largest absolute Gasteiger partial charge is 0.467 e. The summed E-state index contributed by atoms with van der Waals surface area (Å²) in [5.41, 5.74) is 0.414. The lowest BCUT2D eigenvalue weighted by Gasteiger charge is -2.24. The zero-order valence-electron chi connectivity index (χ0n) is 9.93. The van der Waals surface area contributed by atoms with Gasteiger partial charge in [0.15, 0.2) is 6.29 Å². The lowest BCUT2D eigenvalue weighted by Crippen LogP contribution is -2.37. The Hall–Kier alpha value is -1.62. The van der Waals surface area contributed by atoms with E-state index in [0.29, 0.717) is 29.2 Å². The average molecular weight is 269 g/mol. The molecule has 1 saturated heterocycles. The molecule has 6 heteroatoms. The number of hydrogen-bond donors (Lipinski definition) is 0. The first kappa shape index (κ1) is 12.8. The number of hydrogen-bond acceptors (Lipinski definition) is 5. The summed E-state index contributed by atoms with van der Waals surface area (Å²) in [7, 11) is 1.36. The van der Waals surface area contributed by atoms with Gasteiger partial charge in [-0.1, -0.05) is 11.6 Å². The van der Waals surface area contributed by atoms with Crippen LogP contribution in [0.2, 0.25) is 5.02 Å². The Balaban J connectivity index is 2.30. The Morgan fingerprint density at radius 3 is 3.06 bits per heavy atom. The lowest BCUT2D eigenvalue weighted by molar-refractivity contribution is -0.141. The molecule has 0 N–H and O–H groups in total. The first-order valence-corrected chi connectivity index (χ1v) is 6.00. The number of carbonyl (C=O) groups excluding carboxylic acids is 2. The van der Waals surface area contributed by atoms with Gasteiger partial charge in [0.05, 0.1) is 12.1 Å². The molecule has 96 valence electrons. The van der Waals surface area contributed by atoms with Crippen molar-refractivity contribution in [3.63, 3.8) is 0 Å². The van der Waals surface area contributed by atoms with Gasteiger partial charge in [-0.15, -0.1) is 0 Å². The minimum absolute atomic E-state index is 0.287. The van der Waals surface area contributed by atoms with Gasteiger partial charge in [-0.25, -0.2) is 9.78 Å². The molecule has 2 heterocycles. The fourth-order valence-electron chi connectivity index (χ4n) is 2.12. The molecule has 1 aliphatic heterocycles. The monoisotopic (exact) mass is 268 g/mol. The van der Waals surface area contributed by atoms with Gasteiger partial charge in [-0.05, 0) is 18.9 Å². The minimum atomic E-state index is -0.345. The fourth-order valence-corrected chi connectivity index (χ4v) is 2.41. The Kier molecular flexibility index (Phi) is 3.81. The van der Waals surface area contributed by atoms with Crippen LogP contribution in [0.3, 0.4) is 0 Å². The van der Waals surface area contributed by atoms with Crippen molar-refractivity contribution in [2.24, 2.45) is 0 Å². The number of ether oxygens (including phenoxy) is 1. The molecular formula is C12H13ClN2O3. The van der Waals surface area contributed by atoms with Crippen LogP contribution in [-0.4, -0.2) is 36.9 Å². The molecule has 0 spiro atoms. The summed E-state index contributed by atoms with van der Waals surface area (Å²) >= 11 is 6.09. The van der Waals surface area contributed by atoms with Gasteiger partial charge in [0, 0.05) is 18.3 Å². The van der Waals surface area contributed by atoms with Crippen LogP contribution < -0.4 is 4.90 Å². The van der Waals surface area contributed by atoms with Crippen LogP contribution in [0.4, 0.5) is 5.82 Å². The van der Waals surface area contributed by atoms with Crippen molar-refractivity contribution in [2.75, 3.05) is 18.6 Å². The van der Waals surface area contributed by atoms with Crippen molar-refractivity contribution in [1.82, 2.24) is 4.98 Å². The van der Waals surface area contributed by atoms with Crippen LogP contribution in [0.1, 0.15) is 23.2 Å². The molecule has 0 radical (unpaired) electrons. The van der Waals surface area contributed by atoms with E-state index in [-0.39, 0.29) is 12.0 Å². The predicted molar refractivity (Wildman–Crippen MR) is 67.0 cm³/mol. The van der Waals surface area contributed by atoms with Gasteiger partial charge >= 0.3 is 5.97 Å². The summed E-state index contributed by atoms with van der Waals surface area (Å²) in [5, 5.41) is 0.371. The quantitative estimate of drug-likeness (QED) is 0.617. The van der Waals surface area contributed by atoms with E-state index >= 15 is 0 Å². The van der Waals surface area contributed by atoms with E-state index in [1.807, 2.05) is 4.90 Å². The van der Waals surface area contributed by atoms with Crippen LogP contribution in [0, 0.1) is 0 Å². The highest BCUT2D eigenvalue weighted by atomic mass is 35.5. The number of rotatable bonds is 3. The van der Waals surface area contributed by atoms with Crippen LogP contribution in [0.5, 0.6) is 0 Å². The molecule has 0 amide bonds. The molecule has 1 fully saturated rings. The van der Waals surface area contributed by atoms with Gasteiger partial charge in [-0.3, -0.25) is 4.79 Å². The molecule has 1 aromatic rings. The van der Waals surface area contributed by atoms with E-state index < -0.39 is 0 Å². The second-order valence-electron chi connectivity index (χ2n) is 4.07. The van der Waals surface area contributed by atoms with Crippen LogP contribution in [0.25, 0.3) is 0 Å². The van der Waals surface area contributed by atoms with Crippen molar-refractivity contribution in [1.29, 1.82) is 0 Å². The number of nitrogens with zero attached hydrogens (tertiary/aromatic N) is 2. The van der Waals surface area contributed by atoms with E-state index in [9.17, 15) is 9.59 Å². The fraction of sp³-hybridized carbons (Fsp3) is 0.417. The molecule has 18 heavy (non-hydrogen) atoms. The minimum Gasteiger partial charge on any atom is -0.467 e. The third kappa shape index (κ3) is 2.31. The normalized spacial score (nSPS) is 18.8. The highest BCUT2D eigenvalue weighted by Crippen LogP contribution is 2.30. The highest BCUT2D eigenvalue weighted by Gasteiger charge is 2.33. The van der Waals surface area contributed by atoms with Crippen LogP contribution in [0.15, 0.2) is 12.3 Å². The maximum atomic E-state index is 11.6. The molecular weight excluding hydrogens is 256 g/mol. The maximum Gasteiger partial charge on any atom is 0.328 e. The number of carbonyl (C=O) groups is 2. The van der Waals surface area contributed by atoms with E-state index in [1.165, 1.54) is 13.3 Å². The van der Waals surface area contributed by atoms with Gasteiger partial charge in [0.2, 0.25) is 0 Å². The van der Waals surface area contributed by atoms with Gasteiger partial charge in [0.1, 0.15) is 11.9 Å². The van der Waals surface area contributed by atoms with Crippen molar-refractivity contribution < 1.29 is 14.3 Å². The van der Waals surface area contributed by atoms with E-state index in [2.05, 4.69) is 4.98 Å². The van der Waals surface area contributed by atoms with Crippen molar-refractivity contribution in [3.05, 3.63) is 22.8 Å². The Labute approximate surface area is 110 Å². The number of aldehydes is 1. The Morgan fingerprint density at radius 1 is 1.67 bits per heavy atom. The molecule has 0 bridgehead atoms. The standard InChI is InChI=1S/C12H13ClN2O3/c1-18-12(17)10-3-2-4-15(10)11-9(13)5-8(7-16)6-14-11/h5-7,10H,2-4H2,1H3. The van der Waals surface area contributed by atoms with Gasteiger partial charge < -0.3 is 9.64 Å². The smallest absolute Gasteiger partial charge is 0.328 e. The average Bonchev–Trinajstić information content (AvgIpc) is 2.86. The Bertz CT molecular complexity index is 478. The molecule has 0 saturated carbocycles. The first-order chi connectivity index (χ1) is 8.67. The molecule has 5 nitrogen and oxygen atoms in total. The van der Waals surface area contributed by atoms with Crippen molar-refractivity contribution in [3.8, 4) is 0 Å². The number of anilines is 1. The van der Waals surface area contributed by atoms with Crippen LogP contribution in [-0.2, 0) is 9.53 Å². The molecule has 1 unspecified atom stereocenters. The topological polar surface area (TPSA) is 59.5 Å². The molecule has 1 aliphatic rings. The van der Waals surface area contributed by atoms with Crippen LogP contribution >= 0.6 is 11.6 Å². The molecule has 2 rings (SSSR count). The van der Waals surface area contributed by atoms with E-state index in [4.69, 9.17) is 16.3 Å². The summed E-state index contributed by atoms with van der Waals surface area (Å²) < 4.78 is 4.76. The zero-order valence-corrected chi connectivity index (χ0v) is 10.7. The third-order valence-electron chi connectivity index (χ3n) is 2.98. The molecule has 0 aliphatic carbocycles. The van der Waals surface area contributed by atoms with Crippen molar-refractivity contribution >= 4 is 29.7 Å². The summed E-state index contributed by atoms with van der Waals surface area (Å²) in [6.45, 7) is 0.701.